The van der Waals surface area contributed by atoms with Crippen LogP contribution in [0.25, 0.3) is 6.08 Å². The third-order valence-corrected chi connectivity index (χ3v) is 4.30. The van der Waals surface area contributed by atoms with Gasteiger partial charge in [0.25, 0.3) is 5.91 Å². The number of hydrogen-bond acceptors (Lipinski definition) is 5. The van der Waals surface area contributed by atoms with E-state index in [1.165, 1.54) is 18.3 Å². The fraction of sp³-hybridized carbons (Fsp3) is 0.125. The van der Waals surface area contributed by atoms with Gasteiger partial charge < -0.3 is 10.1 Å². The number of ether oxygens (including phenoxy) is 1. The van der Waals surface area contributed by atoms with Gasteiger partial charge in [-0.3, -0.25) is 4.79 Å². The number of carbonyl (C=O) groups excluding carboxylic acids is 1. The minimum Gasteiger partial charge on any atom is -0.488 e. The van der Waals surface area contributed by atoms with Crippen LogP contribution >= 0.6 is 0 Å². The number of nitrogens with one attached hydrogen (secondary N) is 1. The molecule has 7 heteroatoms. The second kappa shape index (κ2) is 5.85. The van der Waals surface area contributed by atoms with Gasteiger partial charge in [0.15, 0.2) is 14.9 Å². The lowest BCUT2D eigenvalue weighted by Gasteiger charge is -2.17. The third kappa shape index (κ3) is 3.40. The molecule has 0 spiro atoms. The van der Waals surface area contributed by atoms with Crippen LogP contribution in [0.1, 0.15) is 5.56 Å². The first-order valence-corrected chi connectivity index (χ1v) is 8.72. The Morgan fingerprint density at radius 2 is 2.00 bits per heavy atom. The van der Waals surface area contributed by atoms with Crippen LogP contribution in [0.4, 0.5) is 5.69 Å². The summed E-state index contributed by atoms with van der Waals surface area (Å²) in [5.41, 5.74) is 1.74. The van der Waals surface area contributed by atoms with Crippen LogP contribution in [-0.2, 0) is 14.6 Å². The summed E-state index contributed by atoms with van der Waals surface area (Å²) in [6.07, 6.45) is 4.16. The van der Waals surface area contributed by atoms with Crippen molar-refractivity contribution in [2.24, 2.45) is 0 Å². The molecule has 0 atom stereocenters. The van der Waals surface area contributed by atoms with E-state index in [4.69, 9.17) is 4.74 Å². The zero-order valence-corrected chi connectivity index (χ0v) is 13.1. The van der Waals surface area contributed by atoms with E-state index in [0.29, 0.717) is 11.3 Å². The van der Waals surface area contributed by atoms with E-state index in [2.05, 4.69) is 10.3 Å². The molecule has 0 radical (unpaired) electrons. The van der Waals surface area contributed by atoms with Crippen LogP contribution in [0, 0.1) is 0 Å². The summed E-state index contributed by atoms with van der Waals surface area (Å²) in [4.78, 5) is 16.1. The maximum Gasteiger partial charge on any atom is 0.255 e. The van der Waals surface area contributed by atoms with Gasteiger partial charge in [-0.15, -0.1) is 0 Å². The fourth-order valence-corrected chi connectivity index (χ4v) is 2.69. The summed E-state index contributed by atoms with van der Waals surface area (Å²) >= 11 is 0. The van der Waals surface area contributed by atoms with Crippen LogP contribution in [0.5, 0.6) is 5.75 Å². The minimum absolute atomic E-state index is 0.0374. The molecule has 0 bridgehead atoms. The Kier molecular flexibility index (Phi) is 3.87. The van der Waals surface area contributed by atoms with E-state index in [1.807, 2.05) is 24.3 Å². The van der Waals surface area contributed by atoms with Crippen molar-refractivity contribution in [2.75, 3.05) is 18.2 Å². The molecule has 0 saturated heterocycles. The fourth-order valence-electron chi connectivity index (χ4n) is 2.13. The number of pyridine rings is 1. The highest BCUT2D eigenvalue weighted by atomic mass is 32.2. The van der Waals surface area contributed by atoms with Crippen LogP contribution < -0.4 is 10.1 Å². The molecule has 0 aliphatic carbocycles. The van der Waals surface area contributed by atoms with Crippen molar-refractivity contribution < 1.29 is 17.9 Å². The van der Waals surface area contributed by atoms with Gasteiger partial charge >= 0.3 is 0 Å². The number of sulfone groups is 1. The Morgan fingerprint density at radius 1 is 1.22 bits per heavy atom. The molecule has 1 aromatic heterocycles. The highest BCUT2D eigenvalue weighted by Gasteiger charge is 2.17. The molecular weight excluding hydrogens is 316 g/mol. The molecule has 1 N–H and O–H groups in total. The molecule has 23 heavy (non-hydrogen) atoms. The third-order valence-electron chi connectivity index (χ3n) is 3.30. The van der Waals surface area contributed by atoms with Gasteiger partial charge in [-0.05, 0) is 24.3 Å². The Bertz CT molecular complexity index is 887. The van der Waals surface area contributed by atoms with Gasteiger partial charge in [0.05, 0.1) is 17.5 Å². The van der Waals surface area contributed by atoms with Crippen molar-refractivity contribution in [3.63, 3.8) is 0 Å². The molecule has 1 aliphatic heterocycles. The first-order chi connectivity index (χ1) is 10.9. The predicted octanol–water partition coefficient (Wildman–Crippen LogP) is 1.90. The molecular formula is C16H14N2O4S. The van der Waals surface area contributed by atoms with E-state index in [1.54, 1.807) is 6.08 Å². The Hall–Kier alpha value is -2.67. The highest BCUT2D eigenvalue weighted by Crippen LogP contribution is 2.26. The number of amides is 1. The SMILES string of the molecule is CS(=O)(=O)c1ccc(NC(=O)C2=Cc3ccccc3OC2)cn1. The summed E-state index contributed by atoms with van der Waals surface area (Å²) in [6, 6.07) is 10.3. The number of carbonyl (C=O) groups is 1. The number of rotatable bonds is 3. The summed E-state index contributed by atoms with van der Waals surface area (Å²) in [6.45, 7) is 0.178. The lowest BCUT2D eigenvalue weighted by Crippen LogP contribution is -2.21. The number of para-hydroxylation sites is 1. The van der Waals surface area contributed by atoms with E-state index in [0.717, 1.165) is 17.6 Å². The number of aromatic nitrogens is 1. The molecule has 2 aromatic rings. The molecule has 118 valence electrons. The quantitative estimate of drug-likeness (QED) is 0.929. The van der Waals surface area contributed by atoms with Crippen LogP contribution in [0.15, 0.2) is 53.2 Å². The Balaban J connectivity index is 1.77. The largest absolute Gasteiger partial charge is 0.488 e. The topological polar surface area (TPSA) is 85.4 Å². The van der Waals surface area contributed by atoms with Crippen molar-refractivity contribution in [1.82, 2.24) is 4.98 Å². The van der Waals surface area contributed by atoms with Gasteiger partial charge in [0.1, 0.15) is 12.4 Å². The monoisotopic (exact) mass is 330 g/mol. The number of anilines is 1. The average Bonchev–Trinajstić information content (AvgIpc) is 2.54. The number of benzene rings is 1. The van der Waals surface area contributed by atoms with E-state index < -0.39 is 9.84 Å². The molecule has 1 aromatic carbocycles. The molecule has 1 aliphatic rings. The molecule has 3 rings (SSSR count). The zero-order chi connectivity index (χ0) is 16.4. The lowest BCUT2D eigenvalue weighted by molar-refractivity contribution is -0.113. The molecule has 0 saturated carbocycles. The second-order valence-corrected chi connectivity index (χ2v) is 7.07. The van der Waals surface area contributed by atoms with Crippen LogP contribution in [-0.4, -0.2) is 32.2 Å². The van der Waals surface area contributed by atoms with Gasteiger partial charge in [0, 0.05) is 11.8 Å². The van der Waals surface area contributed by atoms with E-state index in [9.17, 15) is 13.2 Å². The maximum atomic E-state index is 12.3. The van der Waals surface area contributed by atoms with Gasteiger partial charge in [0.2, 0.25) is 0 Å². The summed E-state index contributed by atoms with van der Waals surface area (Å²) in [7, 11) is -3.36. The number of fused-ring (bicyclic) bond motifs is 1. The van der Waals surface area contributed by atoms with Gasteiger partial charge in [-0.2, -0.15) is 0 Å². The summed E-state index contributed by atoms with van der Waals surface area (Å²) in [5, 5.41) is 2.64. The smallest absolute Gasteiger partial charge is 0.255 e. The number of nitrogens with zero attached hydrogens (tertiary/aromatic N) is 1. The Labute approximate surface area is 133 Å². The molecule has 6 nitrogen and oxygen atoms in total. The molecule has 0 unspecified atom stereocenters. The van der Waals surface area contributed by atoms with Crippen molar-refractivity contribution in [3.8, 4) is 5.75 Å². The second-order valence-electron chi connectivity index (χ2n) is 5.11. The normalized spacial score (nSPS) is 13.5. The van der Waals surface area contributed by atoms with Crippen molar-refractivity contribution >= 4 is 27.5 Å². The zero-order valence-electron chi connectivity index (χ0n) is 12.3. The standard InChI is InChI=1S/C16H14N2O4S/c1-23(20,21)15-7-6-13(9-17-15)18-16(19)12-8-11-4-2-3-5-14(11)22-10-12/h2-9H,10H2,1H3,(H,18,19). The average molecular weight is 330 g/mol. The molecule has 0 fully saturated rings. The van der Waals surface area contributed by atoms with Gasteiger partial charge in [-0.25, -0.2) is 13.4 Å². The lowest BCUT2D eigenvalue weighted by atomic mass is 10.1. The summed E-state index contributed by atoms with van der Waals surface area (Å²) in [5.74, 6) is 0.427. The van der Waals surface area contributed by atoms with Crippen LogP contribution in [0.3, 0.4) is 0 Å². The number of hydrogen-bond donors (Lipinski definition) is 1. The van der Waals surface area contributed by atoms with Crippen LogP contribution in [0.2, 0.25) is 0 Å². The summed E-state index contributed by atoms with van der Waals surface area (Å²) < 4.78 is 28.2. The highest BCUT2D eigenvalue weighted by molar-refractivity contribution is 7.90. The van der Waals surface area contributed by atoms with Crippen molar-refractivity contribution in [2.45, 2.75) is 5.03 Å². The van der Waals surface area contributed by atoms with Crippen molar-refractivity contribution in [1.29, 1.82) is 0 Å². The minimum atomic E-state index is -3.36. The Morgan fingerprint density at radius 3 is 2.70 bits per heavy atom. The maximum absolute atomic E-state index is 12.3. The van der Waals surface area contributed by atoms with E-state index >= 15 is 0 Å². The molecule has 1 amide bonds. The molecule has 2 heterocycles. The van der Waals surface area contributed by atoms with Gasteiger partial charge in [-0.1, -0.05) is 18.2 Å². The first-order valence-electron chi connectivity index (χ1n) is 6.83. The predicted molar refractivity (Wildman–Crippen MR) is 85.9 cm³/mol. The van der Waals surface area contributed by atoms with E-state index in [-0.39, 0.29) is 17.5 Å². The van der Waals surface area contributed by atoms with Crippen molar-refractivity contribution in [3.05, 3.63) is 53.7 Å². The first kappa shape index (κ1) is 15.2.